The minimum Gasteiger partial charge on any atom is -0.435 e. The number of nitrogens with zero attached hydrogens (tertiary/aromatic N) is 2. The van der Waals surface area contributed by atoms with Crippen LogP contribution in [0.3, 0.4) is 0 Å². The molecule has 2 aromatic carbocycles. The second-order valence-corrected chi connectivity index (χ2v) is 4.49. The molecule has 3 rings (SSSR count). The van der Waals surface area contributed by atoms with E-state index in [2.05, 4.69) is 4.98 Å². The molecule has 0 spiro atoms. The number of non-ortho nitro benzene ring substituents is 1. The van der Waals surface area contributed by atoms with Gasteiger partial charge in [0.2, 0.25) is 5.89 Å². The number of amides is 1. The lowest BCUT2D eigenvalue weighted by atomic mass is 10.1. The Kier molecular flexibility index (Phi) is 3.06. The van der Waals surface area contributed by atoms with Gasteiger partial charge in [-0.25, -0.2) is 9.37 Å². The molecular formula is C14H8FN3O4. The van der Waals surface area contributed by atoms with Gasteiger partial charge in [-0.1, -0.05) is 0 Å². The highest BCUT2D eigenvalue weighted by Crippen LogP contribution is 2.30. The molecule has 0 fully saturated rings. The summed E-state index contributed by atoms with van der Waals surface area (Å²) in [5.41, 5.74) is 5.41. The summed E-state index contributed by atoms with van der Waals surface area (Å²) in [6.07, 6.45) is 0. The molecule has 7 nitrogen and oxygen atoms in total. The van der Waals surface area contributed by atoms with Gasteiger partial charge in [0.05, 0.1) is 10.5 Å². The van der Waals surface area contributed by atoms with Crippen LogP contribution in [0.15, 0.2) is 40.8 Å². The van der Waals surface area contributed by atoms with Crippen LogP contribution in [0.2, 0.25) is 0 Å². The van der Waals surface area contributed by atoms with E-state index >= 15 is 0 Å². The highest BCUT2D eigenvalue weighted by Gasteiger charge is 2.20. The van der Waals surface area contributed by atoms with Gasteiger partial charge >= 0.3 is 0 Å². The Morgan fingerprint density at radius 2 is 1.95 bits per heavy atom. The molecule has 0 saturated heterocycles. The lowest BCUT2D eigenvalue weighted by Crippen LogP contribution is -2.11. The number of nitro groups is 1. The van der Waals surface area contributed by atoms with E-state index in [0.29, 0.717) is 5.56 Å². The van der Waals surface area contributed by atoms with Gasteiger partial charge in [0.15, 0.2) is 5.58 Å². The number of rotatable bonds is 3. The highest BCUT2D eigenvalue weighted by atomic mass is 19.1. The number of benzene rings is 2. The third kappa shape index (κ3) is 2.26. The number of aromatic nitrogens is 1. The molecule has 0 unspecified atom stereocenters. The first-order valence-corrected chi connectivity index (χ1v) is 6.10. The van der Waals surface area contributed by atoms with E-state index in [1.807, 2.05) is 0 Å². The number of halogens is 1. The lowest BCUT2D eigenvalue weighted by Gasteiger charge is -1.97. The number of fused-ring (bicyclic) bond motifs is 1. The number of carbonyl (C=O) groups is 1. The van der Waals surface area contributed by atoms with Gasteiger partial charge in [-0.05, 0) is 24.3 Å². The smallest absolute Gasteiger partial charge is 0.272 e. The van der Waals surface area contributed by atoms with Crippen LogP contribution in [0.4, 0.5) is 10.1 Å². The first-order chi connectivity index (χ1) is 10.5. The molecule has 0 bridgehead atoms. The van der Waals surface area contributed by atoms with E-state index in [9.17, 15) is 19.3 Å². The molecule has 1 aromatic heterocycles. The van der Waals surface area contributed by atoms with Crippen molar-refractivity contribution in [3.8, 4) is 11.5 Å². The number of hydrogen-bond donors (Lipinski definition) is 1. The second-order valence-electron chi connectivity index (χ2n) is 4.49. The molecule has 0 atom stereocenters. The van der Waals surface area contributed by atoms with Crippen LogP contribution in [0.25, 0.3) is 22.6 Å². The Hall–Kier alpha value is -3.29. The summed E-state index contributed by atoms with van der Waals surface area (Å²) < 4.78 is 18.4. The van der Waals surface area contributed by atoms with E-state index < -0.39 is 16.6 Å². The molecule has 0 radical (unpaired) electrons. The van der Waals surface area contributed by atoms with Gasteiger partial charge in [-0.3, -0.25) is 14.9 Å². The van der Waals surface area contributed by atoms with Crippen LogP contribution >= 0.6 is 0 Å². The summed E-state index contributed by atoms with van der Waals surface area (Å²) in [5, 5.41) is 10.9. The molecule has 8 heteroatoms. The van der Waals surface area contributed by atoms with Crippen molar-refractivity contribution in [2.24, 2.45) is 5.73 Å². The predicted molar refractivity (Wildman–Crippen MR) is 74.6 cm³/mol. The Bertz CT molecular complexity index is 902. The molecular weight excluding hydrogens is 293 g/mol. The zero-order valence-corrected chi connectivity index (χ0v) is 10.9. The topological polar surface area (TPSA) is 112 Å². The Balaban J connectivity index is 2.24. The molecule has 110 valence electrons. The van der Waals surface area contributed by atoms with Crippen molar-refractivity contribution in [1.82, 2.24) is 4.98 Å². The van der Waals surface area contributed by atoms with Crippen molar-refractivity contribution in [3.63, 3.8) is 0 Å². The molecule has 0 aliphatic rings. The quantitative estimate of drug-likeness (QED) is 0.590. The second kappa shape index (κ2) is 4.92. The normalized spacial score (nSPS) is 10.8. The van der Waals surface area contributed by atoms with Crippen molar-refractivity contribution < 1.29 is 18.5 Å². The van der Waals surface area contributed by atoms with Crippen molar-refractivity contribution in [1.29, 1.82) is 0 Å². The van der Waals surface area contributed by atoms with Crippen LogP contribution in [0, 0.1) is 15.9 Å². The van der Waals surface area contributed by atoms with E-state index in [4.69, 9.17) is 10.2 Å². The molecule has 2 N–H and O–H groups in total. The summed E-state index contributed by atoms with van der Waals surface area (Å²) in [5.74, 6) is -1.18. The fourth-order valence-electron chi connectivity index (χ4n) is 2.02. The van der Waals surface area contributed by atoms with Gasteiger partial charge in [0, 0.05) is 17.7 Å². The molecule has 1 heterocycles. The van der Waals surface area contributed by atoms with E-state index in [1.54, 1.807) is 0 Å². The van der Waals surface area contributed by atoms with Gasteiger partial charge in [0.1, 0.15) is 11.3 Å². The van der Waals surface area contributed by atoms with E-state index in [-0.39, 0.29) is 28.2 Å². The third-order valence-electron chi connectivity index (χ3n) is 3.04. The summed E-state index contributed by atoms with van der Waals surface area (Å²) >= 11 is 0. The average Bonchev–Trinajstić information content (AvgIpc) is 2.90. The summed E-state index contributed by atoms with van der Waals surface area (Å²) in [6.45, 7) is 0. The number of nitro benzene ring substituents is 1. The molecule has 0 saturated carbocycles. The Morgan fingerprint density at radius 3 is 2.55 bits per heavy atom. The number of hydrogen-bond acceptors (Lipinski definition) is 5. The van der Waals surface area contributed by atoms with Crippen molar-refractivity contribution in [2.75, 3.05) is 0 Å². The van der Waals surface area contributed by atoms with Crippen LogP contribution in [-0.4, -0.2) is 15.8 Å². The minimum atomic E-state index is -0.865. The fourth-order valence-corrected chi connectivity index (χ4v) is 2.02. The zero-order valence-electron chi connectivity index (χ0n) is 10.9. The number of carbonyl (C=O) groups excluding carboxylic acids is 1. The molecule has 3 aromatic rings. The van der Waals surface area contributed by atoms with Crippen LogP contribution < -0.4 is 5.73 Å². The Labute approximate surface area is 122 Å². The van der Waals surface area contributed by atoms with Gasteiger partial charge in [-0.15, -0.1) is 0 Å². The van der Waals surface area contributed by atoms with Crippen molar-refractivity contribution in [3.05, 3.63) is 57.9 Å². The van der Waals surface area contributed by atoms with E-state index in [0.717, 1.165) is 6.07 Å². The molecule has 22 heavy (non-hydrogen) atoms. The van der Waals surface area contributed by atoms with Crippen molar-refractivity contribution in [2.45, 2.75) is 0 Å². The maximum atomic E-state index is 12.9. The third-order valence-corrected chi connectivity index (χ3v) is 3.04. The van der Waals surface area contributed by atoms with Crippen LogP contribution in [0.1, 0.15) is 10.4 Å². The average molecular weight is 301 g/mol. The number of oxazole rings is 1. The number of nitrogens with two attached hydrogens (primary N) is 1. The van der Waals surface area contributed by atoms with E-state index in [1.165, 1.54) is 30.3 Å². The lowest BCUT2D eigenvalue weighted by molar-refractivity contribution is -0.384. The molecule has 0 aliphatic heterocycles. The predicted octanol–water partition coefficient (Wildman–Crippen LogP) is 2.64. The summed E-state index contributed by atoms with van der Waals surface area (Å²) in [6, 6.07) is 7.54. The van der Waals surface area contributed by atoms with Crippen LogP contribution in [0.5, 0.6) is 0 Å². The molecule has 0 aliphatic carbocycles. The summed E-state index contributed by atoms with van der Waals surface area (Å²) in [4.78, 5) is 25.8. The van der Waals surface area contributed by atoms with Gasteiger partial charge in [-0.2, -0.15) is 0 Å². The largest absolute Gasteiger partial charge is 0.435 e. The molecule has 1 amide bonds. The summed E-state index contributed by atoms with van der Waals surface area (Å²) in [7, 11) is 0. The first-order valence-electron chi connectivity index (χ1n) is 6.10. The standard InChI is InChI=1S/C14H8FN3O4/c15-8-3-1-7(2-4-8)14-17-11-6-9(18(20)21)5-10(13(16)19)12(11)22-14/h1-6H,(H2,16,19). The highest BCUT2D eigenvalue weighted by molar-refractivity contribution is 6.04. The fraction of sp³-hybridized carbons (Fsp3) is 0. The van der Waals surface area contributed by atoms with Gasteiger partial charge in [0.25, 0.3) is 11.6 Å². The maximum Gasteiger partial charge on any atom is 0.272 e. The zero-order chi connectivity index (χ0) is 15.9. The van der Waals surface area contributed by atoms with Crippen molar-refractivity contribution >= 4 is 22.7 Å². The SMILES string of the molecule is NC(=O)c1cc([N+](=O)[O-])cc2nc(-c3ccc(F)cc3)oc12. The first kappa shape index (κ1) is 13.7. The number of primary amides is 1. The maximum absolute atomic E-state index is 12.9. The minimum absolute atomic E-state index is 0.0532. The van der Waals surface area contributed by atoms with Gasteiger partial charge < -0.3 is 10.2 Å². The Morgan fingerprint density at radius 1 is 1.27 bits per heavy atom. The monoisotopic (exact) mass is 301 g/mol. The van der Waals surface area contributed by atoms with Crippen LogP contribution in [-0.2, 0) is 0 Å².